The summed E-state index contributed by atoms with van der Waals surface area (Å²) in [5, 5.41) is 0. The summed E-state index contributed by atoms with van der Waals surface area (Å²) in [4.78, 5) is 13.5. The molecule has 54 valence electrons. The van der Waals surface area contributed by atoms with Crippen LogP contribution in [0.1, 0.15) is 13.8 Å². The monoisotopic (exact) mass is 145 g/mol. The molecule has 0 aliphatic rings. The van der Waals surface area contributed by atoms with Crippen LogP contribution in [0.4, 0.5) is 0 Å². The molecule has 0 radical (unpaired) electrons. The SMILES string of the molecule is CC[Si](C)(C)NC(C)=O. The summed E-state index contributed by atoms with van der Waals surface area (Å²) < 4.78 is 0. The minimum absolute atomic E-state index is 0.105. The molecule has 9 heavy (non-hydrogen) atoms. The van der Waals surface area contributed by atoms with E-state index in [1.54, 1.807) is 6.92 Å². The quantitative estimate of drug-likeness (QED) is 0.584. The summed E-state index contributed by atoms with van der Waals surface area (Å²) in [5.41, 5.74) is 0. The molecule has 0 fully saturated rings. The van der Waals surface area contributed by atoms with Crippen LogP contribution in [0, 0.1) is 0 Å². The fourth-order valence-electron chi connectivity index (χ4n) is 0.565. The highest BCUT2D eigenvalue weighted by Crippen LogP contribution is 2.01. The smallest absolute Gasteiger partial charge is 0.209 e. The summed E-state index contributed by atoms with van der Waals surface area (Å²) in [7, 11) is -1.34. The predicted octanol–water partition coefficient (Wildman–Crippen LogP) is 1.35. The van der Waals surface area contributed by atoms with Crippen molar-refractivity contribution in [3.05, 3.63) is 0 Å². The first kappa shape index (κ1) is 8.69. The van der Waals surface area contributed by atoms with Crippen LogP contribution < -0.4 is 4.98 Å². The molecule has 0 aliphatic carbocycles. The molecular formula is C6H15NOSi. The zero-order valence-electron chi connectivity index (χ0n) is 6.62. The highest BCUT2D eigenvalue weighted by molar-refractivity contribution is 6.76. The summed E-state index contributed by atoms with van der Waals surface area (Å²) in [5.74, 6) is 0.105. The number of rotatable bonds is 2. The maximum absolute atomic E-state index is 10.5. The van der Waals surface area contributed by atoms with Gasteiger partial charge in [-0.3, -0.25) is 4.79 Å². The number of hydrogen-bond acceptors (Lipinski definition) is 1. The first-order valence-corrected chi connectivity index (χ1v) is 6.47. The van der Waals surface area contributed by atoms with Crippen LogP contribution in [0.25, 0.3) is 0 Å². The van der Waals surface area contributed by atoms with Crippen molar-refractivity contribution in [1.29, 1.82) is 0 Å². The van der Waals surface area contributed by atoms with Crippen molar-refractivity contribution in [2.24, 2.45) is 0 Å². The van der Waals surface area contributed by atoms with Crippen LogP contribution in [0.5, 0.6) is 0 Å². The van der Waals surface area contributed by atoms with E-state index < -0.39 is 8.24 Å². The van der Waals surface area contributed by atoms with Gasteiger partial charge in [0.2, 0.25) is 5.91 Å². The molecule has 0 spiro atoms. The van der Waals surface area contributed by atoms with E-state index in [0.29, 0.717) is 0 Å². The van der Waals surface area contributed by atoms with Crippen LogP contribution in [-0.2, 0) is 4.79 Å². The second kappa shape index (κ2) is 3.01. The third-order valence-corrected chi connectivity index (χ3v) is 4.19. The third-order valence-electron chi connectivity index (χ3n) is 1.40. The molecule has 1 N–H and O–H groups in total. The molecule has 3 heteroatoms. The molecule has 0 aromatic heterocycles. The number of amides is 1. The van der Waals surface area contributed by atoms with Gasteiger partial charge in [0, 0.05) is 6.92 Å². The molecular weight excluding hydrogens is 130 g/mol. The van der Waals surface area contributed by atoms with Crippen LogP contribution in [0.2, 0.25) is 19.1 Å². The van der Waals surface area contributed by atoms with E-state index in [2.05, 4.69) is 25.0 Å². The van der Waals surface area contributed by atoms with Crippen molar-refractivity contribution in [2.75, 3.05) is 0 Å². The Morgan fingerprint density at radius 1 is 1.56 bits per heavy atom. The van der Waals surface area contributed by atoms with E-state index in [9.17, 15) is 4.79 Å². The molecule has 0 aromatic rings. The number of hydrogen-bond donors (Lipinski definition) is 1. The molecule has 0 rings (SSSR count). The maximum atomic E-state index is 10.5. The van der Waals surface area contributed by atoms with Gasteiger partial charge in [0.05, 0.1) is 0 Å². The highest BCUT2D eigenvalue weighted by atomic mass is 28.3. The predicted molar refractivity (Wildman–Crippen MR) is 41.8 cm³/mol. The second-order valence-corrected chi connectivity index (χ2v) is 7.64. The molecule has 0 saturated carbocycles. The Hall–Kier alpha value is -0.313. The van der Waals surface area contributed by atoms with Crippen molar-refractivity contribution < 1.29 is 4.79 Å². The van der Waals surface area contributed by atoms with Crippen molar-refractivity contribution in [2.45, 2.75) is 33.0 Å². The Balaban J connectivity index is 3.71. The van der Waals surface area contributed by atoms with Gasteiger partial charge in [-0.2, -0.15) is 0 Å². The molecule has 2 nitrogen and oxygen atoms in total. The van der Waals surface area contributed by atoms with Crippen molar-refractivity contribution in [3.8, 4) is 0 Å². The van der Waals surface area contributed by atoms with Gasteiger partial charge in [-0.1, -0.05) is 20.0 Å². The van der Waals surface area contributed by atoms with Gasteiger partial charge in [-0.05, 0) is 6.04 Å². The van der Waals surface area contributed by atoms with E-state index in [4.69, 9.17) is 0 Å². The van der Waals surface area contributed by atoms with E-state index in [1.165, 1.54) is 0 Å². The first-order chi connectivity index (χ1) is 3.98. The Morgan fingerprint density at radius 2 is 2.00 bits per heavy atom. The Morgan fingerprint density at radius 3 is 2.11 bits per heavy atom. The minimum atomic E-state index is -1.34. The average Bonchev–Trinajstić information content (AvgIpc) is 1.63. The van der Waals surface area contributed by atoms with Crippen LogP contribution in [-0.4, -0.2) is 14.1 Å². The van der Waals surface area contributed by atoms with Gasteiger partial charge in [0.1, 0.15) is 8.24 Å². The van der Waals surface area contributed by atoms with E-state index >= 15 is 0 Å². The van der Waals surface area contributed by atoms with Crippen LogP contribution in [0.3, 0.4) is 0 Å². The zero-order valence-corrected chi connectivity index (χ0v) is 7.62. The van der Waals surface area contributed by atoms with Gasteiger partial charge < -0.3 is 4.98 Å². The molecule has 0 bridgehead atoms. The molecule has 0 unspecified atom stereocenters. The standard InChI is InChI=1S/C6H15NOSi/c1-5-9(3,4)7-6(2)8/h5H2,1-4H3,(H,7,8). The summed E-state index contributed by atoms with van der Waals surface area (Å²) in [6.07, 6.45) is 0. The largest absolute Gasteiger partial charge is 0.382 e. The summed E-state index contributed by atoms with van der Waals surface area (Å²) >= 11 is 0. The Labute approximate surface area is 57.7 Å². The van der Waals surface area contributed by atoms with Gasteiger partial charge in [-0.15, -0.1) is 0 Å². The lowest BCUT2D eigenvalue weighted by Gasteiger charge is -2.19. The molecule has 0 saturated heterocycles. The molecule has 1 amide bonds. The topological polar surface area (TPSA) is 29.1 Å². The number of nitrogens with one attached hydrogen (secondary N) is 1. The molecule has 0 heterocycles. The average molecular weight is 145 g/mol. The van der Waals surface area contributed by atoms with Gasteiger partial charge in [0.15, 0.2) is 0 Å². The summed E-state index contributed by atoms with van der Waals surface area (Å²) in [6, 6.07) is 1.10. The van der Waals surface area contributed by atoms with E-state index in [1.807, 2.05) is 0 Å². The Bertz CT molecular complexity index is 112. The van der Waals surface area contributed by atoms with Gasteiger partial charge in [0.25, 0.3) is 0 Å². The Kier molecular flexibility index (Phi) is 2.90. The lowest BCUT2D eigenvalue weighted by atomic mass is 10.8. The van der Waals surface area contributed by atoms with Crippen molar-refractivity contribution >= 4 is 14.1 Å². The molecule has 0 aliphatic heterocycles. The zero-order chi connectivity index (χ0) is 7.49. The maximum Gasteiger partial charge on any atom is 0.209 e. The number of carbonyl (C=O) groups excluding carboxylic acids is 1. The lowest BCUT2D eigenvalue weighted by Crippen LogP contribution is -2.46. The van der Waals surface area contributed by atoms with Crippen LogP contribution >= 0.6 is 0 Å². The normalized spacial score (nSPS) is 11.1. The fraction of sp³-hybridized carbons (Fsp3) is 0.833. The van der Waals surface area contributed by atoms with E-state index in [-0.39, 0.29) is 5.91 Å². The lowest BCUT2D eigenvalue weighted by molar-refractivity contribution is -0.117. The van der Waals surface area contributed by atoms with Crippen molar-refractivity contribution in [1.82, 2.24) is 4.98 Å². The second-order valence-electron chi connectivity index (χ2n) is 2.92. The number of carbonyl (C=O) groups is 1. The van der Waals surface area contributed by atoms with E-state index in [0.717, 1.165) is 6.04 Å². The molecule has 0 aromatic carbocycles. The third kappa shape index (κ3) is 4.21. The van der Waals surface area contributed by atoms with Gasteiger partial charge >= 0.3 is 0 Å². The minimum Gasteiger partial charge on any atom is -0.382 e. The van der Waals surface area contributed by atoms with Gasteiger partial charge in [-0.25, -0.2) is 0 Å². The molecule has 0 atom stereocenters. The van der Waals surface area contributed by atoms with Crippen LogP contribution in [0.15, 0.2) is 0 Å². The first-order valence-electron chi connectivity index (χ1n) is 3.26. The fourth-order valence-corrected chi connectivity index (χ4v) is 1.69. The van der Waals surface area contributed by atoms with Crippen molar-refractivity contribution in [3.63, 3.8) is 0 Å². The highest BCUT2D eigenvalue weighted by Gasteiger charge is 2.18. The summed E-state index contributed by atoms with van der Waals surface area (Å²) in [6.45, 7) is 7.98.